The van der Waals surface area contributed by atoms with Crippen LogP contribution in [0.15, 0.2) is 48.5 Å². The van der Waals surface area contributed by atoms with E-state index in [4.69, 9.17) is 14.2 Å². The van der Waals surface area contributed by atoms with Crippen LogP contribution in [0.1, 0.15) is 6.42 Å². The van der Waals surface area contributed by atoms with E-state index in [2.05, 4.69) is 22.6 Å². The van der Waals surface area contributed by atoms with Gasteiger partial charge >= 0.3 is 0 Å². The standard InChI is InChI=1S/C16H17IO3/c1-18-14-7-9-16(10-8-14)20-12-2-11-19-15-5-3-13(17)4-6-15/h3-10H,2,11-12H2,1H3. The molecule has 0 radical (unpaired) electrons. The van der Waals surface area contributed by atoms with E-state index in [-0.39, 0.29) is 0 Å². The molecule has 0 aliphatic carbocycles. The van der Waals surface area contributed by atoms with Gasteiger partial charge in [0.2, 0.25) is 0 Å². The Morgan fingerprint density at radius 3 is 1.70 bits per heavy atom. The maximum absolute atomic E-state index is 5.63. The topological polar surface area (TPSA) is 27.7 Å². The van der Waals surface area contributed by atoms with Crippen molar-refractivity contribution in [3.8, 4) is 17.2 Å². The lowest BCUT2D eigenvalue weighted by Crippen LogP contribution is -2.04. The number of hydrogen-bond donors (Lipinski definition) is 0. The highest BCUT2D eigenvalue weighted by Crippen LogP contribution is 2.17. The van der Waals surface area contributed by atoms with Gasteiger partial charge in [-0.15, -0.1) is 0 Å². The van der Waals surface area contributed by atoms with Crippen LogP contribution in [0.25, 0.3) is 0 Å². The van der Waals surface area contributed by atoms with Crippen molar-refractivity contribution in [1.29, 1.82) is 0 Å². The van der Waals surface area contributed by atoms with Gasteiger partial charge in [-0.25, -0.2) is 0 Å². The van der Waals surface area contributed by atoms with Crippen molar-refractivity contribution in [2.75, 3.05) is 20.3 Å². The third-order valence-corrected chi connectivity index (χ3v) is 3.42. The molecule has 2 aromatic carbocycles. The highest BCUT2D eigenvalue weighted by molar-refractivity contribution is 14.1. The lowest BCUT2D eigenvalue weighted by atomic mass is 10.3. The first kappa shape index (κ1) is 15.0. The summed E-state index contributed by atoms with van der Waals surface area (Å²) in [6.07, 6.45) is 0.845. The zero-order chi connectivity index (χ0) is 14.2. The third-order valence-electron chi connectivity index (χ3n) is 2.70. The average Bonchev–Trinajstić information content (AvgIpc) is 2.49. The van der Waals surface area contributed by atoms with E-state index < -0.39 is 0 Å². The molecule has 0 aliphatic rings. The minimum Gasteiger partial charge on any atom is -0.497 e. The highest BCUT2D eigenvalue weighted by atomic mass is 127. The largest absolute Gasteiger partial charge is 0.497 e. The van der Waals surface area contributed by atoms with Crippen LogP contribution in [0, 0.1) is 3.57 Å². The van der Waals surface area contributed by atoms with Gasteiger partial charge in [-0.05, 0) is 71.1 Å². The van der Waals surface area contributed by atoms with Crippen LogP contribution in [0.2, 0.25) is 0 Å². The summed E-state index contributed by atoms with van der Waals surface area (Å²) in [4.78, 5) is 0. The molecule has 106 valence electrons. The first-order valence-corrected chi connectivity index (χ1v) is 7.51. The van der Waals surface area contributed by atoms with Crippen LogP contribution in [-0.2, 0) is 0 Å². The van der Waals surface area contributed by atoms with Crippen LogP contribution < -0.4 is 14.2 Å². The number of rotatable bonds is 7. The summed E-state index contributed by atoms with van der Waals surface area (Å²) in [5.74, 6) is 2.58. The molecule has 0 atom stereocenters. The van der Waals surface area contributed by atoms with E-state index in [9.17, 15) is 0 Å². The molecule has 0 amide bonds. The fourth-order valence-corrected chi connectivity index (χ4v) is 2.00. The summed E-state index contributed by atoms with van der Waals surface area (Å²) in [6, 6.07) is 15.6. The van der Waals surface area contributed by atoms with Gasteiger partial charge in [-0.3, -0.25) is 0 Å². The van der Waals surface area contributed by atoms with E-state index in [1.807, 2.05) is 48.5 Å². The number of methoxy groups -OCH3 is 1. The van der Waals surface area contributed by atoms with Crippen molar-refractivity contribution in [3.63, 3.8) is 0 Å². The predicted octanol–water partition coefficient (Wildman–Crippen LogP) is 4.15. The van der Waals surface area contributed by atoms with Gasteiger partial charge < -0.3 is 14.2 Å². The molecule has 0 unspecified atom stereocenters. The molecule has 4 heteroatoms. The van der Waals surface area contributed by atoms with Crippen molar-refractivity contribution >= 4 is 22.6 Å². The van der Waals surface area contributed by atoms with Gasteiger partial charge in [0.1, 0.15) is 17.2 Å². The molecule has 20 heavy (non-hydrogen) atoms. The van der Waals surface area contributed by atoms with Crippen LogP contribution in [0.3, 0.4) is 0 Å². The molecule has 0 aliphatic heterocycles. The summed E-state index contributed by atoms with van der Waals surface area (Å²) in [5, 5.41) is 0. The molecule has 0 heterocycles. The van der Waals surface area contributed by atoms with Gasteiger partial charge in [0.15, 0.2) is 0 Å². The van der Waals surface area contributed by atoms with Crippen LogP contribution in [-0.4, -0.2) is 20.3 Å². The molecule has 0 saturated carbocycles. The maximum Gasteiger partial charge on any atom is 0.119 e. The van der Waals surface area contributed by atoms with Crippen LogP contribution in [0.5, 0.6) is 17.2 Å². The number of halogens is 1. The molecule has 0 bridgehead atoms. The fraction of sp³-hybridized carbons (Fsp3) is 0.250. The van der Waals surface area contributed by atoms with Crippen molar-refractivity contribution in [2.45, 2.75) is 6.42 Å². The molecule has 0 N–H and O–H groups in total. The number of ether oxygens (including phenoxy) is 3. The smallest absolute Gasteiger partial charge is 0.119 e. The molecule has 0 aromatic heterocycles. The summed E-state index contributed by atoms with van der Waals surface area (Å²) < 4.78 is 17.6. The van der Waals surface area contributed by atoms with Gasteiger partial charge in [0.25, 0.3) is 0 Å². The number of hydrogen-bond acceptors (Lipinski definition) is 3. The van der Waals surface area contributed by atoms with E-state index in [1.54, 1.807) is 7.11 Å². The van der Waals surface area contributed by atoms with Gasteiger partial charge in [0.05, 0.1) is 20.3 Å². The van der Waals surface area contributed by atoms with E-state index in [0.29, 0.717) is 13.2 Å². The number of benzene rings is 2. The Kier molecular flexibility index (Phi) is 5.98. The van der Waals surface area contributed by atoms with Crippen molar-refractivity contribution < 1.29 is 14.2 Å². The summed E-state index contributed by atoms with van der Waals surface area (Å²) >= 11 is 2.27. The molecule has 2 rings (SSSR count). The first-order valence-electron chi connectivity index (χ1n) is 6.43. The Bertz CT molecular complexity index is 508. The minimum atomic E-state index is 0.636. The van der Waals surface area contributed by atoms with Crippen molar-refractivity contribution in [3.05, 3.63) is 52.1 Å². The molecule has 0 saturated heterocycles. The third kappa shape index (κ3) is 4.92. The zero-order valence-electron chi connectivity index (χ0n) is 11.3. The SMILES string of the molecule is COc1ccc(OCCCOc2ccc(I)cc2)cc1. The lowest BCUT2D eigenvalue weighted by Gasteiger charge is -2.08. The lowest BCUT2D eigenvalue weighted by molar-refractivity contribution is 0.247. The predicted molar refractivity (Wildman–Crippen MR) is 87.8 cm³/mol. The van der Waals surface area contributed by atoms with Crippen molar-refractivity contribution in [2.24, 2.45) is 0 Å². The molecule has 3 nitrogen and oxygen atoms in total. The zero-order valence-corrected chi connectivity index (χ0v) is 13.5. The molecule has 0 fully saturated rings. The van der Waals surface area contributed by atoms with E-state index >= 15 is 0 Å². The van der Waals surface area contributed by atoms with E-state index in [1.165, 1.54) is 3.57 Å². The van der Waals surface area contributed by atoms with Gasteiger partial charge in [-0.1, -0.05) is 0 Å². The minimum absolute atomic E-state index is 0.636. The quantitative estimate of drug-likeness (QED) is 0.530. The summed E-state index contributed by atoms with van der Waals surface area (Å²) in [6.45, 7) is 1.29. The van der Waals surface area contributed by atoms with Crippen LogP contribution >= 0.6 is 22.6 Å². The summed E-state index contributed by atoms with van der Waals surface area (Å²) in [5.41, 5.74) is 0. The second kappa shape index (κ2) is 7.99. The Hall–Kier alpha value is -1.43. The fourth-order valence-electron chi connectivity index (χ4n) is 1.64. The Labute approximate surface area is 133 Å². The normalized spacial score (nSPS) is 10.1. The molecular weight excluding hydrogens is 367 g/mol. The van der Waals surface area contributed by atoms with Crippen molar-refractivity contribution in [1.82, 2.24) is 0 Å². The second-order valence-electron chi connectivity index (χ2n) is 4.18. The highest BCUT2D eigenvalue weighted by Gasteiger charge is 1.97. The second-order valence-corrected chi connectivity index (χ2v) is 5.43. The average molecular weight is 384 g/mol. The Morgan fingerprint density at radius 2 is 1.20 bits per heavy atom. The first-order chi connectivity index (χ1) is 9.78. The molecular formula is C16H17IO3. The maximum atomic E-state index is 5.63. The Balaban J connectivity index is 1.64. The summed E-state index contributed by atoms with van der Waals surface area (Å²) in [7, 11) is 1.65. The monoisotopic (exact) mass is 384 g/mol. The van der Waals surface area contributed by atoms with E-state index in [0.717, 1.165) is 23.7 Å². The van der Waals surface area contributed by atoms with Crippen LogP contribution in [0.4, 0.5) is 0 Å². The molecule has 0 spiro atoms. The van der Waals surface area contributed by atoms with Gasteiger partial charge in [-0.2, -0.15) is 0 Å². The molecule has 2 aromatic rings. The Morgan fingerprint density at radius 1 is 0.750 bits per heavy atom. The van der Waals surface area contributed by atoms with Gasteiger partial charge in [0, 0.05) is 9.99 Å².